The molecule has 0 atom stereocenters. The van der Waals surface area contributed by atoms with Crippen molar-refractivity contribution in [3.63, 3.8) is 0 Å². The molecular weight excluding hydrogens is 271 g/mol. The maximum Gasteiger partial charge on any atom is 0.339 e. The summed E-state index contributed by atoms with van der Waals surface area (Å²) in [4.78, 5) is 11.0. The third kappa shape index (κ3) is 3.23. The molecule has 2 aromatic carbocycles. The quantitative estimate of drug-likeness (QED) is 0.927. The molecule has 0 unspecified atom stereocenters. The first-order valence-electron chi connectivity index (χ1n) is 5.47. The minimum atomic E-state index is -1.27. The largest absolute Gasteiger partial charge is 0.488 e. The Morgan fingerprint density at radius 3 is 2.58 bits per heavy atom. The van der Waals surface area contributed by atoms with Gasteiger partial charge in [0.2, 0.25) is 0 Å². The minimum Gasteiger partial charge on any atom is -0.488 e. The molecule has 0 saturated heterocycles. The Morgan fingerprint density at radius 1 is 1.26 bits per heavy atom. The minimum absolute atomic E-state index is 0.0442. The van der Waals surface area contributed by atoms with Gasteiger partial charge in [0.05, 0.1) is 5.02 Å². The number of aromatic carboxylic acids is 1. The van der Waals surface area contributed by atoms with Crippen molar-refractivity contribution in [3.8, 4) is 5.75 Å². The summed E-state index contributed by atoms with van der Waals surface area (Å²) >= 11 is 5.62. The van der Waals surface area contributed by atoms with E-state index in [-0.39, 0.29) is 22.9 Å². The van der Waals surface area contributed by atoms with Gasteiger partial charge in [-0.15, -0.1) is 0 Å². The molecule has 98 valence electrons. The third-order valence-electron chi connectivity index (χ3n) is 2.49. The number of carboxylic acids is 1. The maximum absolute atomic E-state index is 13.2. The number of halogens is 2. The van der Waals surface area contributed by atoms with Crippen LogP contribution in [-0.4, -0.2) is 11.1 Å². The van der Waals surface area contributed by atoms with E-state index in [1.807, 2.05) is 30.3 Å². The maximum atomic E-state index is 13.2. The lowest BCUT2D eigenvalue weighted by atomic mass is 10.2. The van der Waals surface area contributed by atoms with Crippen LogP contribution in [0.25, 0.3) is 0 Å². The van der Waals surface area contributed by atoms with Crippen molar-refractivity contribution in [2.45, 2.75) is 6.61 Å². The Morgan fingerprint density at radius 2 is 1.95 bits per heavy atom. The van der Waals surface area contributed by atoms with Crippen molar-refractivity contribution in [1.82, 2.24) is 0 Å². The summed E-state index contributed by atoms with van der Waals surface area (Å²) in [6, 6.07) is 11.2. The van der Waals surface area contributed by atoms with Gasteiger partial charge >= 0.3 is 5.97 Å². The number of carboxylic acid groups (broad SMARTS) is 1. The van der Waals surface area contributed by atoms with Crippen LogP contribution in [-0.2, 0) is 6.61 Å². The van der Waals surface area contributed by atoms with E-state index in [2.05, 4.69) is 0 Å². The van der Waals surface area contributed by atoms with Gasteiger partial charge in [0, 0.05) is 6.07 Å². The van der Waals surface area contributed by atoms with E-state index in [1.165, 1.54) is 6.07 Å². The summed E-state index contributed by atoms with van der Waals surface area (Å²) in [5, 5.41) is 8.82. The molecule has 2 aromatic rings. The Bertz CT molecular complexity index is 599. The van der Waals surface area contributed by atoms with Crippen LogP contribution in [0.4, 0.5) is 4.39 Å². The summed E-state index contributed by atoms with van der Waals surface area (Å²) in [6.45, 7) is 0.184. The topological polar surface area (TPSA) is 46.5 Å². The molecule has 0 aromatic heterocycles. The second-order valence-electron chi connectivity index (χ2n) is 3.84. The highest BCUT2D eigenvalue weighted by Gasteiger charge is 2.15. The van der Waals surface area contributed by atoms with Gasteiger partial charge in [-0.1, -0.05) is 41.9 Å². The lowest BCUT2D eigenvalue weighted by molar-refractivity contribution is 0.0691. The zero-order chi connectivity index (χ0) is 13.8. The van der Waals surface area contributed by atoms with Crippen LogP contribution in [0.3, 0.4) is 0 Å². The van der Waals surface area contributed by atoms with E-state index in [0.29, 0.717) is 0 Å². The van der Waals surface area contributed by atoms with E-state index in [4.69, 9.17) is 21.4 Å². The van der Waals surface area contributed by atoms with Gasteiger partial charge in [-0.05, 0) is 11.6 Å². The first-order valence-corrected chi connectivity index (χ1v) is 5.85. The Labute approximate surface area is 114 Å². The lowest BCUT2D eigenvalue weighted by Gasteiger charge is -2.10. The fraction of sp³-hybridized carbons (Fsp3) is 0.0714. The highest BCUT2D eigenvalue weighted by Crippen LogP contribution is 2.27. The highest BCUT2D eigenvalue weighted by molar-refractivity contribution is 6.31. The van der Waals surface area contributed by atoms with Gasteiger partial charge in [0.25, 0.3) is 0 Å². The number of benzene rings is 2. The highest BCUT2D eigenvalue weighted by atomic mass is 35.5. The molecule has 1 N–H and O–H groups in total. The average molecular weight is 281 g/mol. The summed E-state index contributed by atoms with van der Waals surface area (Å²) in [6.07, 6.45) is 0. The molecule has 0 heterocycles. The number of hydrogen-bond acceptors (Lipinski definition) is 2. The van der Waals surface area contributed by atoms with Gasteiger partial charge in [-0.25, -0.2) is 9.18 Å². The van der Waals surface area contributed by atoms with E-state index in [9.17, 15) is 9.18 Å². The molecule has 0 bridgehead atoms. The van der Waals surface area contributed by atoms with Crippen molar-refractivity contribution in [3.05, 3.63) is 64.4 Å². The van der Waals surface area contributed by atoms with Gasteiger partial charge in [0.1, 0.15) is 23.7 Å². The molecule has 0 aliphatic rings. The van der Waals surface area contributed by atoms with Crippen molar-refractivity contribution < 1.29 is 19.0 Å². The van der Waals surface area contributed by atoms with Crippen molar-refractivity contribution >= 4 is 17.6 Å². The average Bonchev–Trinajstić information content (AvgIpc) is 2.40. The first-order chi connectivity index (χ1) is 9.08. The van der Waals surface area contributed by atoms with Gasteiger partial charge < -0.3 is 9.84 Å². The predicted molar refractivity (Wildman–Crippen MR) is 69.1 cm³/mol. The smallest absolute Gasteiger partial charge is 0.339 e. The zero-order valence-corrected chi connectivity index (χ0v) is 10.5. The Kier molecular flexibility index (Phi) is 4.02. The molecular formula is C14H10ClFO3. The molecule has 0 aliphatic heterocycles. The van der Waals surface area contributed by atoms with Crippen LogP contribution in [0.15, 0.2) is 42.5 Å². The fourth-order valence-corrected chi connectivity index (χ4v) is 1.70. The SMILES string of the molecule is O=C(O)c1cc(F)c(Cl)cc1OCc1ccccc1. The van der Waals surface area contributed by atoms with Gasteiger partial charge in [0.15, 0.2) is 0 Å². The van der Waals surface area contributed by atoms with E-state index in [1.54, 1.807) is 0 Å². The van der Waals surface area contributed by atoms with Gasteiger partial charge in [-0.2, -0.15) is 0 Å². The Hall–Kier alpha value is -2.07. The van der Waals surface area contributed by atoms with Crippen LogP contribution in [0.2, 0.25) is 5.02 Å². The summed E-state index contributed by atoms with van der Waals surface area (Å²) < 4.78 is 18.6. The molecule has 0 saturated carbocycles. The second kappa shape index (κ2) is 5.71. The standard InChI is InChI=1S/C14H10ClFO3/c15-11-7-13(10(14(17)18)6-12(11)16)19-8-9-4-2-1-3-5-9/h1-7H,8H2,(H,17,18). The van der Waals surface area contributed by atoms with Crippen LogP contribution in [0.5, 0.6) is 5.75 Å². The van der Waals surface area contributed by atoms with Crippen molar-refractivity contribution in [2.75, 3.05) is 0 Å². The summed E-state index contributed by atoms with van der Waals surface area (Å²) in [7, 11) is 0. The normalized spacial score (nSPS) is 10.2. The molecule has 0 amide bonds. The summed E-state index contributed by atoms with van der Waals surface area (Å²) in [5.41, 5.74) is 0.622. The number of rotatable bonds is 4. The molecule has 2 rings (SSSR count). The third-order valence-corrected chi connectivity index (χ3v) is 2.78. The first kappa shape index (κ1) is 13.4. The van der Waals surface area contributed by atoms with Crippen LogP contribution in [0.1, 0.15) is 15.9 Å². The molecule has 0 radical (unpaired) electrons. The molecule has 0 fully saturated rings. The molecule has 5 heteroatoms. The molecule has 19 heavy (non-hydrogen) atoms. The molecule has 0 spiro atoms. The van der Waals surface area contributed by atoms with Gasteiger partial charge in [-0.3, -0.25) is 0 Å². The number of ether oxygens (including phenoxy) is 1. The van der Waals surface area contributed by atoms with E-state index < -0.39 is 11.8 Å². The number of carbonyl (C=O) groups is 1. The van der Waals surface area contributed by atoms with Crippen molar-refractivity contribution in [2.24, 2.45) is 0 Å². The number of hydrogen-bond donors (Lipinski definition) is 1. The predicted octanol–water partition coefficient (Wildman–Crippen LogP) is 3.76. The van der Waals surface area contributed by atoms with E-state index >= 15 is 0 Å². The summed E-state index contributed by atoms with van der Waals surface area (Å²) in [5.74, 6) is -2.01. The zero-order valence-electron chi connectivity index (χ0n) is 9.77. The van der Waals surface area contributed by atoms with Crippen LogP contribution in [0, 0.1) is 5.82 Å². The van der Waals surface area contributed by atoms with E-state index in [0.717, 1.165) is 11.6 Å². The monoisotopic (exact) mass is 280 g/mol. The van der Waals surface area contributed by atoms with Crippen LogP contribution >= 0.6 is 11.6 Å². The fourth-order valence-electron chi connectivity index (χ4n) is 1.55. The van der Waals surface area contributed by atoms with Crippen LogP contribution < -0.4 is 4.74 Å². The molecule has 3 nitrogen and oxygen atoms in total. The Balaban J connectivity index is 2.24. The van der Waals surface area contributed by atoms with Crippen molar-refractivity contribution in [1.29, 1.82) is 0 Å². The molecule has 0 aliphatic carbocycles. The lowest BCUT2D eigenvalue weighted by Crippen LogP contribution is -2.04. The second-order valence-corrected chi connectivity index (χ2v) is 4.25.